The van der Waals surface area contributed by atoms with Crippen LogP contribution in [0.2, 0.25) is 0 Å². The van der Waals surface area contributed by atoms with E-state index in [4.69, 9.17) is 15.2 Å². The summed E-state index contributed by atoms with van der Waals surface area (Å²) in [5, 5.41) is 2.90. The number of benzene rings is 1. The number of anilines is 1. The summed E-state index contributed by atoms with van der Waals surface area (Å²) in [6.07, 6.45) is 0.859. The molecular weight excluding hydrogens is 220 g/mol. The van der Waals surface area contributed by atoms with E-state index in [1.807, 2.05) is 0 Å². The maximum atomic E-state index is 11.9. The maximum absolute atomic E-state index is 11.9. The van der Waals surface area contributed by atoms with Gasteiger partial charge < -0.3 is 20.5 Å². The zero-order chi connectivity index (χ0) is 12.3. The van der Waals surface area contributed by atoms with Crippen molar-refractivity contribution in [3.63, 3.8) is 0 Å². The number of amides is 1. The van der Waals surface area contributed by atoms with E-state index < -0.39 is 0 Å². The summed E-state index contributed by atoms with van der Waals surface area (Å²) in [5.74, 6) is 0.445. The van der Waals surface area contributed by atoms with Crippen molar-refractivity contribution in [3.05, 3.63) is 23.8 Å². The van der Waals surface area contributed by atoms with Crippen molar-refractivity contribution in [1.82, 2.24) is 5.32 Å². The van der Waals surface area contributed by atoms with E-state index in [0.29, 0.717) is 30.2 Å². The van der Waals surface area contributed by atoms with Gasteiger partial charge >= 0.3 is 0 Å². The topological polar surface area (TPSA) is 73.6 Å². The molecule has 3 N–H and O–H groups in total. The predicted octanol–water partition coefficient (Wildman–Crippen LogP) is 0.796. The Hall–Kier alpha value is -1.75. The number of methoxy groups -OCH3 is 1. The molecule has 17 heavy (non-hydrogen) atoms. The summed E-state index contributed by atoms with van der Waals surface area (Å²) in [6.45, 7) is 1.28. The Balaban J connectivity index is 2.05. The fourth-order valence-electron chi connectivity index (χ4n) is 1.79. The van der Waals surface area contributed by atoms with Crippen LogP contribution in [0.3, 0.4) is 0 Å². The molecule has 1 unspecified atom stereocenters. The number of hydrogen-bond acceptors (Lipinski definition) is 4. The summed E-state index contributed by atoms with van der Waals surface area (Å²) >= 11 is 0. The van der Waals surface area contributed by atoms with Gasteiger partial charge in [0.1, 0.15) is 5.75 Å². The van der Waals surface area contributed by atoms with Gasteiger partial charge in [0, 0.05) is 12.2 Å². The van der Waals surface area contributed by atoms with E-state index in [2.05, 4.69) is 5.32 Å². The van der Waals surface area contributed by atoms with Crippen molar-refractivity contribution >= 4 is 11.6 Å². The lowest BCUT2D eigenvalue weighted by Crippen LogP contribution is -2.35. The second-order valence-corrected chi connectivity index (χ2v) is 3.99. The van der Waals surface area contributed by atoms with E-state index in [1.165, 1.54) is 0 Å². The Bertz CT molecular complexity index is 414. The molecule has 5 heteroatoms. The van der Waals surface area contributed by atoms with E-state index in [1.54, 1.807) is 25.3 Å². The van der Waals surface area contributed by atoms with Crippen LogP contribution in [0.15, 0.2) is 18.2 Å². The molecule has 1 aromatic rings. The number of nitrogens with one attached hydrogen (secondary N) is 1. The Kier molecular flexibility index (Phi) is 3.49. The summed E-state index contributed by atoms with van der Waals surface area (Å²) in [4.78, 5) is 11.9. The van der Waals surface area contributed by atoms with Crippen molar-refractivity contribution in [2.75, 3.05) is 26.1 Å². The quantitative estimate of drug-likeness (QED) is 0.761. The highest BCUT2D eigenvalue weighted by molar-refractivity contribution is 5.95. The molecule has 0 radical (unpaired) electrons. The summed E-state index contributed by atoms with van der Waals surface area (Å²) in [6, 6.07) is 5.10. The predicted molar refractivity (Wildman–Crippen MR) is 64.1 cm³/mol. The van der Waals surface area contributed by atoms with Gasteiger partial charge in [-0.3, -0.25) is 4.79 Å². The lowest BCUT2D eigenvalue weighted by atomic mass is 10.1. The summed E-state index contributed by atoms with van der Waals surface area (Å²) in [7, 11) is 1.54. The molecule has 1 amide bonds. The molecule has 2 rings (SSSR count). The van der Waals surface area contributed by atoms with Gasteiger partial charge in [0.15, 0.2) is 0 Å². The van der Waals surface area contributed by atoms with E-state index in [0.717, 1.165) is 6.42 Å². The van der Waals surface area contributed by atoms with Crippen molar-refractivity contribution < 1.29 is 14.3 Å². The Labute approximate surface area is 99.9 Å². The highest BCUT2D eigenvalue weighted by Crippen LogP contribution is 2.21. The minimum Gasteiger partial charge on any atom is -0.495 e. The molecule has 1 atom stereocenters. The zero-order valence-electron chi connectivity index (χ0n) is 9.73. The van der Waals surface area contributed by atoms with Gasteiger partial charge in [-0.05, 0) is 24.6 Å². The standard InChI is InChI=1S/C12H16N2O3/c1-16-11-3-2-8(6-10(11)13)12(15)14-9-4-5-17-7-9/h2-3,6,9H,4-5,7,13H2,1H3,(H,14,15). The first kappa shape index (κ1) is 11.7. The number of carbonyl (C=O) groups excluding carboxylic acids is 1. The van der Waals surface area contributed by atoms with Crippen molar-refractivity contribution in [3.8, 4) is 5.75 Å². The van der Waals surface area contributed by atoms with Crippen LogP contribution >= 0.6 is 0 Å². The van der Waals surface area contributed by atoms with Gasteiger partial charge in [0.25, 0.3) is 5.91 Å². The lowest BCUT2D eigenvalue weighted by Gasteiger charge is -2.11. The average Bonchev–Trinajstić information content (AvgIpc) is 2.81. The number of ether oxygens (including phenoxy) is 2. The Morgan fingerprint density at radius 3 is 3.00 bits per heavy atom. The van der Waals surface area contributed by atoms with Gasteiger partial charge in [-0.15, -0.1) is 0 Å². The van der Waals surface area contributed by atoms with Crippen molar-refractivity contribution in [1.29, 1.82) is 0 Å². The molecule has 0 spiro atoms. The van der Waals surface area contributed by atoms with Crippen molar-refractivity contribution in [2.24, 2.45) is 0 Å². The van der Waals surface area contributed by atoms with Crippen LogP contribution in [-0.4, -0.2) is 32.3 Å². The fourth-order valence-corrected chi connectivity index (χ4v) is 1.79. The van der Waals surface area contributed by atoms with Crippen LogP contribution in [0.4, 0.5) is 5.69 Å². The molecule has 0 bridgehead atoms. The zero-order valence-corrected chi connectivity index (χ0v) is 9.73. The number of hydrogen-bond donors (Lipinski definition) is 2. The fraction of sp³-hybridized carbons (Fsp3) is 0.417. The normalized spacial score (nSPS) is 19.0. The SMILES string of the molecule is COc1ccc(C(=O)NC2CCOC2)cc1N. The molecule has 0 saturated carbocycles. The molecule has 1 aromatic carbocycles. The van der Waals surface area contributed by atoms with Crippen LogP contribution in [0.1, 0.15) is 16.8 Å². The average molecular weight is 236 g/mol. The smallest absolute Gasteiger partial charge is 0.251 e. The molecule has 1 aliphatic heterocycles. The molecule has 0 aromatic heterocycles. The number of nitrogens with two attached hydrogens (primary N) is 1. The number of carbonyl (C=O) groups is 1. The molecular formula is C12H16N2O3. The second kappa shape index (κ2) is 5.05. The third-order valence-electron chi connectivity index (χ3n) is 2.76. The molecule has 1 aliphatic rings. The molecule has 5 nitrogen and oxygen atoms in total. The highest BCUT2D eigenvalue weighted by Gasteiger charge is 2.18. The molecule has 1 saturated heterocycles. The first-order valence-corrected chi connectivity index (χ1v) is 5.53. The molecule has 1 heterocycles. The Morgan fingerprint density at radius 2 is 2.41 bits per heavy atom. The van der Waals surface area contributed by atoms with Gasteiger partial charge in [-0.2, -0.15) is 0 Å². The molecule has 1 fully saturated rings. The van der Waals surface area contributed by atoms with Crippen LogP contribution in [0.5, 0.6) is 5.75 Å². The van der Waals surface area contributed by atoms with Crippen LogP contribution < -0.4 is 15.8 Å². The number of nitrogen functional groups attached to an aromatic ring is 1. The first-order valence-electron chi connectivity index (χ1n) is 5.53. The summed E-state index contributed by atoms with van der Waals surface area (Å²) in [5.41, 5.74) is 6.75. The van der Waals surface area contributed by atoms with Gasteiger partial charge in [0.2, 0.25) is 0 Å². The van der Waals surface area contributed by atoms with E-state index >= 15 is 0 Å². The molecule has 0 aliphatic carbocycles. The minimum atomic E-state index is -0.130. The lowest BCUT2D eigenvalue weighted by molar-refractivity contribution is 0.0930. The molecule has 92 valence electrons. The summed E-state index contributed by atoms with van der Waals surface area (Å²) < 4.78 is 10.2. The monoisotopic (exact) mass is 236 g/mol. The van der Waals surface area contributed by atoms with Crippen LogP contribution in [-0.2, 0) is 4.74 Å². The second-order valence-electron chi connectivity index (χ2n) is 3.99. The van der Waals surface area contributed by atoms with Gasteiger partial charge in [-0.1, -0.05) is 0 Å². The van der Waals surface area contributed by atoms with E-state index in [9.17, 15) is 4.79 Å². The van der Waals surface area contributed by atoms with E-state index in [-0.39, 0.29) is 11.9 Å². The third kappa shape index (κ3) is 2.68. The van der Waals surface area contributed by atoms with Crippen molar-refractivity contribution in [2.45, 2.75) is 12.5 Å². The maximum Gasteiger partial charge on any atom is 0.251 e. The third-order valence-corrected chi connectivity index (χ3v) is 2.76. The largest absolute Gasteiger partial charge is 0.495 e. The van der Waals surface area contributed by atoms with Gasteiger partial charge in [0.05, 0.1) is 25.4 Å². The van der Waals surface area contributed by atoms with Gasteiger partial charge in [-0.25, -0.2) is 0 Å². The highest BCUT2D eigenvalue weighted by atomic mass is 16.5. The van der Waals surface area contributed by atoms with Crippen LogP contribution in [0, 0.1) is 0 Å². The minimum absolute atomic E-state index is 0.103. The first-order chi connectivity index (χ1) is 8.20. The number of rotatable bonds is 3. The Morgan fingerprint density at radius 1 is 1.59 bits per heavy atom. The van der Waals surface area contributed by atoms with Crippen LogP contribution in [0.25, 0.3) is 0 Å².